The van der Waals surface area contributed by atoms with Crippen molar-refractivity contribution in [3.63, 3.8) is 0 Å². The van der Waals surface area contributed by atoms with Gasteiger partial charge in [0.25, 0.3) is 5.91 Å². The zero-order chi connectivity index (χ0) is 25.3. The second kappa shape index (κ2) is 9.27. The molecule has 0 radical (unpaired) electrons. The molecule has 1 amide bonds. The van der Waals surface area contributed by atoms with Crippen LogP contribution in [0.4, 0.5) is 32.2 Å². The summed E-state index contributed by atoms with van der Waals surface area (Å²) in [6.45, 7) is -1.55. The fourth-order valence-corrected chi connectivity index (χ4v) is 3.82. The third kappa shape index (κ3) is 6.27. The molecule has 2 aromatic rings. The largest absolute Gasteiger partial charge is 0.483 e. The predicted octanol–water partition coefficient (Wildman–Crippen LogP) is 2.80. The van der Waals surface area contributed by atoms with E-state index in [-0.39, 0.29) is 42.5 Å². The number of ether oxygens (including phenoxy) is 1. The maximum absolute atomic E-state index is 13.0. The summed E-state index contributed by atoms with van der Waals surface area (Å²) in [5, 5.41) is 0. The normalized spacial score (nSPS) is 15.4. The highest BCUT2D eigenvalue weighted by Crippen LogP contribution is 2.30. The van der Waals surface area contributed by atoms with Crippen LogP contribution in [-0.2, 0) is 16.0 Å². The Morgan fingerprint density at radius 1 is 1.03 bits per heavy atom. The van der Waals surface area contributed by atoms with Gasteiger partial charge >= 0.3 is 12.4 Å². The molecule has 1 saturated heterocycles. The van der Waals surface area contributed by atoms with Crippen molar-refractivity contribution in [2.45, 2.75) is 17.2 Å². The number of carbonyl (C=O) groups excluding carboxylic acids is 1. The minimum absolute atomic E-state index is 0.00250. The standard InChI is InChI=1S/C19H18F6N4O4S/c1-34(31,32)12-2-3-14(33-10-18(20,21)22)13(8-12)17(30)29-6-4-28(5-7-29)16-9-15(19(23,24)25)26-11-27-16/h2-3,8-9,11H,4-7,10H2,1H3. The van der Waals surface area contributed by atoms with Crippen LogP contribution in [0, 0.1) is 0 Å². The van der Waals surface area contributed by atoms with Crippen molar-refractivity contribution in [3.8, 4) is 5.75 Å². The number of benzene rings is 1. The van der Waals surface area contributed by atoms with Gasteiger partial charge in [0.05, 0.1) is 10.5 Å². The Morgan fingerprint density at radius 3 is 2.24 bits per heavy atom. The lowest BCUT2D eigenvalue weighted by atomic mass is 10.1. The SMILES string of the molecule is CS(=O)(=O)c1ccc(OCC(F)(F)F)c(C(=O)N2CCN(c3cc(C(F)(F)F)ncn3)CC2)c1. The van der Waals surface area contributed by atoms with Crippen LogP contribution in [0.25, 0.3) is 0 Å². The number of hydrogen-bond donors (Lipinski definition) is 0. The Hall–Kier alpha value is -3.10. The third-order valence-electron chi connectivity index (χ3n) is 4.83. The zero-order valence-corrected chi connectivity index (χ0v) is 18.3. The molecule has 0 atom stereocenters. The minimum atomic E-state index is -4.69. The van der Waals surface area contributed by atoms with Crippen LogP contribution in [0.1, 0.15) is 16.1 Å². The molecule has 0 saturated carbocycles. The van der Waals surface area contributed by atoms with Gasteiger partial charge in [0.15, 0.2) is 16.4 Å². The topological polar surface area (TPSA) is 92.7 Å². The highest BCUT2D eigenvalue weighted by atomic mass is 32.2. The number of carbonyl (C=O) groups is 1. The van der Waals surface area contributed by atoms with Gasteiger partial charge in [0.1, 0.15) is 23.6 Å². The number of hydrogen-bond acceptors (Lipinski definition) is 7. The fraction of sp³-hybridized carbons (Fsp3) is 0.421. The lowest BCUT2D eigenvalue weighted by molar-refractivity contribution is -0.153. The van der Waals surface area contributed by atoms with Gasteiger partial charge in [0.2, 0.25) is 0 Å². The van der Waals surface area contributed by atoms with Crippen LogP contribution in [0.5, 0.6) is 5.75 Å². The first kappa shape index (κ1) is 25.5. The first-order chi connectivity index (χ1) is 15.6. The Morgan fingerprint density at radius 2 is 1.68 bits per heavy atom. The molecule has 15 heteroatoms. The molecule has 8 nitrogen and oxygen atoms in total. The third-order valence-corrected chi connectivity index (χ3v) is 5.95. The molecule has 1 fully saturated rings. The summed E-state index contributed by atoms with van der Waals surface area (Å²) < 4.78 is 105. The van der Waals surface area contributed by atoms with Crippen molar-refractivity contribution in [1.82, 2.24) is 14.9 Å². The van der Waals surface area contributed by atoms with Crippen LogP contribution in [0.15, 0.2) is 35.5 Å². The van der Waals surface area contributed by atoms with E-state index in [1.54, 1.807) is 0 Å². The molecule has 0 aliphatic carbocycles. The molecule has 0 bridgehead atoms. The average molecular weight is 512 g/mol. The number of halogens is 6. The molecule has 1 aromatic carbocycles. The van der Waals surface area contributed by atoms with Crippen LogP contribution < -0.4 is 9.64 Å². The zero-order valence-electron chi connectivity index (χ0n) is 17.5. The molecule has 0 spiro atoms. The summed E-state index contributed by atoms with van der Waals surface area (Å²) in [6, 6.07) is 3.72. The molecule has 34 heavy (non-hydrogen) atoms. The van der Waals surface area contributed by atoms with E-state index in [1.807, 2.05) is 0 Å². The first-order valence-corrected chi connectivity index (χ1v) is 11.5. The number of nitrogens with zero attached hydrogens (tertiary/aromatic N) is 4. The van der Waals surface area contributed by atoms with E-state index in [0.29, 0.717) is 0 Å². The summed E-state index contributed by atoms with van der Waals surface area (Å²) >= 11 is 0. The van der Waals surface area contributed by atoms with Crippen LogP contribution >= 0.6 is 0 Å². The highest BCUT2D eigenvalue weighted by Gasteiger charge is 2.34. The first-order valence-electron chi connectivity index (χ1n) is 9.62. The number of aromatic nitrogens is 2. The summed E-state index contributed by atoms with van der Waals surface area (Å²) in [7, 11) is -3.77. The van der Waals surface area contributed by atoms with Gasteiger partial charge in [-0.25, -0.2) is 18.4 Å². The maximum atomic E-state index is 13.0. The highest BCUT2D eigenvalue weighted by molar-refractivity contribution is 7.90. The Bertz CT molecular complexity index is 1160. The quantitative estimate of drug-likeness (QED) is 0.569. The summed E-state index contributed by atoms with van der Waals surface area (Å²) in [5.74, 6) is -1.22. The monoisotopic (exact) mass is 512 g/mol. The molecule has 0 unspecified atom stereocenters. The van der Waals surface area contributed by atoms with Crippen molar-refractivity contribution in [2.24, 2.45) is 0 Å². The van der Waals surface area contributed by atoms with E-state index < -0.39 is 46.1 Å². The Balaban J connectivity index is 1.80. The van der Waals surface area contributed by atoms with Crippen molar-refractivity contribution in [3.05, 3.63) is 41.9 Å². The van der Waals surface area contributed by atoms with Crippen molar-refractivity contribution < 1.29 is 44.3 Å². The molecule has 1 aliphatic heterocycles. The van der Waals surface area contributed by atoms with E-state index in [9.17, 15) is 39.6 Å². The van der Waals surface area contributed by atoms with Crippen LogP contribution in [-0.4, -0.2) is 74.4 Å². The van der Waals surface area contributed by atoms with Gasteiger partial charge in [-0.15, -0.1) is 0 Å². The molecule has 0 N–H and O–H groups in total. The summed E-state index contributed by atoms with van der Waals surface area (Å²) in [4.78, 5) is 22.5. The Labute approximate surface area is 190 Å². The molecule has 186 valence electrons. The van der Waals surface area contributed by atoms with Crippen LogP contribution in [0.2, 0.25) is 0 Å². The molecule has 3 rings (SSSR count). The smallest absolute Gasteiger partial charge is 0.433 e. The number of piperazine rings is 1. The lowest BCUT2D eigenvalue weighted by Crippen LogP contribution is -2.49. The summed E-state index contributed by atoms with van der Waals surface area (Å²) in [5.41, 5.74) is -1.50. The molecule has 1 aromatic heterocycles. The lowest BCUT2D eigenvalue weighted by Gasteiger charge is -2.35. The number of amides is 1. The minimum Gasteiger partial charge on any atom is -0.483 e. The average Bonchev–Trinajstić information content (AvgIpc) is 2.75. The van der Waals surface area contributed by atoms with E-state index >= 15 is 0 Å². The molecular formula is C19H18F6N4O4S. The van der Waals surface area contributed by atoms with Gasteiger partial charge in [-0.3, -0.25) is 4.79 Å². The van der Waals surface area contributed by atoms with Crippen molar-refractivity contribution in [1.29, 1.82) is 0 Å². The van der Waals surface area contributed by atoms with E-state index in [1.165, 1.54) is 9.80 Å². The second-order valence-corrected chi connectivity index (χ2v) is 9.39. The number of alkyl halides is 6. The number of rotatable bonds is 5. The van der Waals surface area contributed by atoms with Gasteiger partial charge < -0.3 is 14.5 Å². The molecular weight excluding hydrogens is 494 g/mol. The van der Waals surface area contributed by atoms with Gasteiger partial charge in [-0.1, -0.05) is 0 Å². The number of anilines is 1. The molecule has 1 aliphatic rings. The Kier molecular flexibility index (Phi) is 6.96. The van der Waals surface area contributed by atoms with Crippen molar-refractivity contribution >= 4 is 21.6 Å². The predicted molar refractivity (Wildman–Crippen MR) is 106 cm³/mol. The van der Waals surface area contributed by atoms with E-state index in [0.717, 1.165) is 36.8 Å². The van der Waals surface area contributed by atoms with Gasteiger partial charge in [0, 0.05) is 38.5 Å². The number of sulfone groups is 1. The van der Waals surface area contributed by atoms with Gasteiger partial charge in [-0.2, -0.15) is 26.3 Å². The summed E-state index contributed by atoms with van der Waals surface area (Å²) in [6.07, 6.45) is -7.69. The second-order valence-electron chi connectivity index (χ2n) is 7.37. The van der Waals surface area contributed by atoms with E-state index in [2.05, 4.69) is 9.97 Å². The van der Waals surface area contributed by atoms with E-state index in [4.69, 9.17) is 4.74 Å². The van der Waals surface area contributed by atoms with Crippen molar-refractivity contribution in [2.75, 3.05) is 43.9 Å². The van der Waals surface area contributed by atoms with Crippen LogP contribution in [0.3, 0.4) is 0 Å². The molecule has 2 heterocycles. The fourth-order valence-electron chi connectivity index (χ4n) is 3.18. The van der Waals surface area contributed by atoms with Gasteiger partial charge in [-0.05, 0) is 18.2 Å². The maximum Gasteiger partial charge on any atom is 0.433 e.